The minimum Gasteiger partial charge on any atom is -0.486 e. The number of hydrogen-bond acceptors (Lipinski definition) is 6. The smallest absolute Gasteiger partial charge is 0.311 e. The van der Waals surface area contributed by atoms with E-state index in [1.807, 2.05) is 32.0 Å². The molecule has 4 rings (SSSR count). The Kier molecular flexibility index (Phi) is 5.44. The van der Waals surface area contributed by atoms with Gasteiger partial charge >= 0.3 is 5.97 Å². The number of esters is 1. The molecule has 30 heavy (non-hydrogen) atoms. The Balaban J connectivity index is 1.37. The fraction of sp³-hybridized carbons (Fsp3) is 0.348. The van der Waals surface area contributed by atoms with E-state index in [4.69, 9.17) is 14.2 Å². The summed E-state index contributed by atoms with van der Waals surface area (Å²) in [5.41, 5.74) is 3.28. The van der Waals surface area contributed by atoms with Crippen LogP contribution in [0.3, 0.4) is 0 Å². The molecule has 0 spiro atoms. The number of ether oxygens (including phenoxy) is 3. The Hall–Kier alpha value is -3.35. The van der Waals surface area contributed by atoms with Crippen LogP contribution in [0.15, 0.2) is 36.4 Å². The van der Waals surface area contributed by atoms with Crippen LogP contribution in [0.4, 0.5) is 5.69 Å². The largest absolute Gasteiger partial charge is 0.486 e. The molecule has 156 valence electrons. The van der Waals surface area contributed by atoms with Gasteiger partial charge < -0.3 is 19.1 Å². The van der Waals surface area contributed by atoms with E-state index in [9.17, 15) is 14.4 Å². The van der Waals surface area contributed by atoms with Gasteiger partial charge in [-0.1, -0.05) is 12.1 Å². The van der Waals surface area contributed by atoms with Gasteiger partial charge in [0.05, 0.1) is 5.92 Å². The highest BCUT2D eigenvalue weighted by Gasteiger charge is 2.37. The van der Waals surface area contributed by atoms with Crippen molar-refractivity contribution in [3.05, 3.63) is 53.1 Å². The highest BCUT2D eigenvalue weighted by molar-refractivity contribution is 6.01. The van der Waals surface area contributed by atoms with Crippen LogP contribution >= 0.6 is 0 Å². The summed E-state index contributed by atoms with van der Waals surface area (Å²) >= 11 is 0. The quantitative estimate of drug-likeness (QED) is 0.558. The third-order valence-corrected chi connectivity index (χ3v) is 5.53. The molecule has 0 bridgehead atoms. The van der Waals surface area contributed by atoms with Crippen molar-refractivity contribution in [1.82, 2.24) is 0 Å². The summed E-state index contributed by atoms with van der Waals surface area (Å²) in [5, 5.41) is 0. The molecule has 0 saturated carbocycles. The van der Waals surface area contributed by atoms with Crippen LogP contribution in [0.2, 0.25) is 0 Å². The monoisotopic (exact) mass is 409 g/mol. The number of Topliss-reactive ketones (excluding diaryl/α,β-unsaturated/α-hetero) is 1. The predicted octanol–water partition coefficient (Wildman–Crippen LogP) is 2.85. The normalized spacial score (nSPS) is 17.7. The summed E-state index contributed by atoms with van der Waals surface area (Å²) in [6, 6.07) is 10.6. The van der Waals surface area contributed by atoms with Crippen molar-refractivity contribution in [3.8, 4) is 11.5 Å². The van der Waals surface area contributed by atoms with Crippen molar-refractivity contribution in [2.45, 2.75) is 20.3 Å². The zero-order valence-corrected chi connectivity index (χ0v) is 17.0. The molecule has 7 nitrogen and oxygen atoms in total. The molecule has 0 aliphatic carbocycles. The number of nitrogens with zero attached hydrogens (tertiary/aromatic N) is 1. The van der Waals surface area contributed by atoms with Crippen molar-refractivity contribution >= 4 is 23.3 Å². The number of aryl methyl sites for hydroxylation is 1. The van der Waals surface area contributed by atoms with Crippen LogP contribution in [0.1, 0.15) is 27.9 Å². The van der Waals surface area contributed by atoms with Gasteiger partial charge in [-0.25, -0.2) is 0 Å². The number of hydrogen-bond donors (Lipinski definition) is 0. The van der Waals surface area contributed by atoms with Gasteiger partial charge in [0.2, 0.25) is 5.91 Å². The molecule has 0 N–H and O–H groups in total. The number of rotatable bonds is 5. The number of carbonyl (C=O) groups excluding carboxylic acids is 3. The molecular formula is C23H23NO6. The van der Waals surface area contributed by atoms with Gasteiger partial charge in [0.1, 0.15) is 13.2 Å². The second-order valence-corrected chi connectivity index (χ2v) is 7.51. The van der Waals surface area contributed by atoms with Gasteiger partial charge in [-0.2, -0.15) is 0 Å². The number of carbonyl (C=O) groups is 3. The minimum atomic E-state index is -0.592. The van der Waals surface area contributed by atoms with E-state index in [0.29, 0.717) is 30.3 Å². The molecule has 1 saturated heterocycles. The summed E-state index contributed by atoms with van der Waals surface area (Å²) in [5.74, 6) is -0.498. The Morgan fingerprint density at radius 3 is 2.67 bits per heavy atom. The number of benzene rings is 2. The van der Waals surface area contributed by atoms with E-state index in [1.165, 1.54) is 0 Å². The lowest BCUT2D eigenvalue weighted by Gasteiger charge is -2.20. The summed E-state index contributed by atoms with van der Waals surface area (Å²) in [7, 11) is 0. The molecular weight excluding hydrogens is 386 g/mol. The lowest BCUT2D eigenvalue weighted by molar-refractivity contribution is -0.147. The zero-order chi connectivity index (χ0) is 21.3. The predicted molar refractivity (Wildman–Crippen MR) is 109 cm³/mol. The molecule has 1 amide bonds. The summed E-state index contributed by atoms with van der Waals surface area (Å²) in [6.07, 6.45) is 0.0738. The van der Waals surface area contributed by atoms with Gasteiger partial charge in [-0.3, -0.25) is 14.4 Å². The SMILES string of the molecule is Cc1cccc(N2C[C@@H](C(=O)OCC(=O)c3ccc4c(c3)OCCO4)CC2=O)c1C. The molecule has 1 atom stereocenters. The molecule has 2 aromatic rings. The molecule has 2 aliphatic rings. The van der Waals surface area contributed by atoms with Gasteiger partial charge in [-0.15, -0.1) is 0 Å². The van der Waals surface area contributed by atoms with Crippen molar-refractivity contribution < 1.29 is 28.6 Å². The lowest BCUT2D eigenvalue weighted by atomic mass is 10.1. The van der Waals surface area contributed by atoms with Crippen molar-refractivity contribution in [3.63, 3.8) is 0 Å². The average molecular weight is 409 g/mol. The second-order valence-electron chi connectivity index (χ2n) is 7.51. The third-order valence-electron chi connectivity index (χ3n) is 5.53. The van der Waals surface area contributed by atoms with E-state index in [-0.39, 0.29) is 31.3 Å². The number of ketones is 1. The van der Waals surface area contributed by atoms with Crippen LogP contribution in [-0.4, -0.2) is 44.0 Å². The first-order valence-corrected chi connectivity index (χ1v) is 9.90. The third kappa shape index (κ3) is 3.87. The van der Waals surface area contributed by atoms with Crippen LogP contribution in [0.5, 0.6) is 11.5 Å². The zero-order valence-electron chi connectivity index (χ0n) is 17.0. The Bertz CT molecular complexity index is 1010. The standard InChI is InChI=1S/C23H23NO6/c1-14-4-3-5-18(15(14)2)24-12-17(11-22(24)26)23(27)30-13-19(25)16-6-7-20-21(10-16)29-9-8-28-20/h3-7,10,17H,8-9,11-13H2,1-2H3/t17-/m0/s1. The first kappa shape index (κ1) is 19.9. The molecule has 1 fully saturated rings. The van der Waals surface area contributed by atoms with Gasteiger partial charge in [0.25, 0.3) is 0 Å². The first-order valence-electron chi connectivity index (χ1n) is 9.90. The molecule has 2 aromatic carbocycles. The molecule has 0 unspecified atom stereocenters. The van der Waals surface area contributed by atoms with Crippen LogP contribution in [0.25, 0.3) is 0 Å². The van der Waals surface area contributed by atoms with Crippen molar-refractivity contribution in [2.75, 3.05) is 31.3 Å². The van der Waals surface area contributed by atoms with E-state index in [1.54, 1.807) is 23.1 Å². The Morgan fingerprint density at radius 1 is 1.10 bits per heavy atom. The van der Waals surface area contributed by atoms with Crippen molar-refractivity contribution in [1.29, 1.82) is 0 Å². The van der Waals surface area contributed by atoms with Gasteiger partial charge in [-0.05, 0) is 49.2 Å². The maximum atomic E-state index is 12.5. The van der Waals surface area contributed by atoms with Gasteiger partial charge in [0.15, 0.2) is 23.9 Å². The topological polar surface area (TPSA) is 82.1 Å². The van der Waals surface area contributed by atoms with Crippen LogP contribution in [-0.2, 0) is 14.3 Å². The maximum absolute atomic E-state index is 12.5. The van der Waals surface area contributed by atoms with E-state index in [0.717, 1.165) is 16.8 Å². The highest BCUT2D eigenvalue weighted by Crippen LogP contribution is 2.31. The average Bonchev–Trinajstić information content (AvgIpc) is 3.14. The highest BCUT2D eigenvalue weighted by atomic mass is 16.6. The number of fused-ring (bicyclic) bond motifs is 1. The first-order chi connectivity index (χ1) is 14.4. The van der Waals surface area contributed by atoms with Crippen LogP contribution < -0.4 is 14.4 Å². The fourth-order valence-corrected chi connectivity index (χ4v) is 3.68. The molecule has 2 heterocycles. The van der Waals surface area contributed by atoms with Crippen molar-refractivity contribution in [2.24, 2.45) is 5.92 Å². The fourth-order valence-electron chi connectivity index (χ4n) is 3.68. The Labute approximate surface area is 174 Å². The maximum Gasteiger partial charge on any atom is 0.311 e. The molecule has 2 aliphatic heterocycles. The number of anilines is 1. The number of amides is 1. The molecule has 7 heteroatoms. The summed E-state index contributed by atoms with van der Waals surface area (Å²) < 4.78 is 16.1. The van der Waals surface area contributed by atoms with E-state index in [2.05, 4.69) is 0 Å². The summed E-state index contributed by atoms with van der Waals surface area (Å²) in [6.45, 7) is 4.69. The summed E-state index contributed by atoms with van der Waals surface area (Å²) in [4.78, 5) is 39.0. The molecule has 0 aromatic heterocycles. The Morgan fingerprint density at radius 2 is 1.87 bits per heavy atom. The minimum absolute atomic E-state index is 0.0738. The van der Waals surface area contributed by atoms with E-state index < -0.39 is 11.9 Å². The van der Waals surface area contributed by atoms with E-state index >= 15 is 0 Å². The van der Waals surface area contributed by atoms with Crippen LogP contribution in [0, 0.1) is 19.8 Å². The second kappa shape index (κ2) is 8.18. The lowest BCUT2D eigenvalue weighted by Crippen LogP contribution is -2.28. The van der Waals surface area contributed by atoms with Gasteiger partial charge in [0, 0.05) is 24.2 Å². The molecule has 0 radical (unpaired) electrons.